The van der Waals surface area contributed by atoms with E-state index in [0.29, 0.717) is 35.5 Å². The number of hydrogen-bond acceptors (Lipinski definition) is 3. The number of rotatable bonds is 7. The fourth-order valence-corrected chi connectivity index (χ4v) is 6.38. The Labute approximate surface area is 229 Å². The fourth-order valence-electron chi connectivity index (χ4n) is 6.38. The van der Waals surface area contributed by atoms with Gasteiger partial charge in [-0.15, -0.1) is 0 Å². The predicted molar refractivity (Wildman–Crippen MR) is 133 cm³/mol. The SMILES string of the molecule is C[N+]1(Cc2ccccc2)CC2CCC(C1)C2COC(=O)C(O)(c1ccccc1)c1ccc(F)cc1.[I-]. The van der Waals surface area contributed by atoms with Gasteiger partial charge in [0, 0.05) is 23.3 Å². The van der Waals surface area contributed by atoms with E-state index in [-0.39, 0.29) is 24.0 Å². The summed E-state index contributed by atoms with van der Waals surface area (Å²) in [6, 6.07) is 24.8. The maximum atomic E-state index is 13.6. The molecular weight excluding hydrogens is 568 g/mol. The highest BCUT2D eigenvalue weighted by molar-refractivity contribution is 5.85. The number of carbonyl (C=O) groups is 1. The maximum Gasteiger partial charge on any atom is 0.347 e. The van der Waals surface area contributed by atoms with Crippen molar-refractivity contribution in [2.24, 2.45) is 17.8 Å². The molecule has 3 aromatic carbocycles. The van der Waals surface area contributed by atoms with Crippen LogP contribution < -0.4 is 24.0 Å². The van der Waals surface area contributed by atoms with Crippen molar-refractivity contribution in [3.8, 4) is 0 Å². The zero-order valence-corrected chi connectivity index (χ0v) is 22.7. The lowest BCUT2D eigenvalue weighted by Gasteiger charge is -2.44. The minimum Gasteiger partial charge on any atom is -1.00 e. The van der Waals surface area contributed by atoms with Gasteiger partial charge in [0.1, 0.15) is 12.4 Å². The number of fused-ring (bicyclic) bond motifs is 2. The number of nitrogens with zero attached hydrogens (tertiary/aromatic N) is 1. The van der Waals surface area contributed by atoms with Gasteiger partial charge in [0.05, 0.1) is 26.7 Å². The van der Waals surface area contributed by atoms with Gasteiger partial charge < -0.3 is 38.3 Å². The van der Waals surface area contributed by atoms with Crippen LogP contribution in [0.4, 0.5) is 4.39 Å². The van der Waals surface area contributed by atoms with Gasteiger partial charge in [0.2, 0.25) is 5.60 Å². The van der Waals surface area contributed by atoms with Gasteiger partial charge in [-0.3, -0.25) is 0 Å². The molecule has 1 saturated carbocycles. The van der Waals surface area contributed by atoms with E-state index in [9.17, 15) is 14.3 Å². The monoisotopic (exact) mass is 601 g/mol. The van der Waals surface area contributed by atoms with Gasteiger partial charge in [-0.25, -0.2) is 9.18 Å². The summed E-state index contributed by atoms with van der Waals surface area (Å²) in [6.07, 6.45) is 2.30. The molecule has 3 unspecified atom stereocenters. The average molecular weight is 602 g/mol. The van der Waals surface area contributed by atoms with Crippen molar-refractivity contribution in [1.29, 1.82) is 0 Å². The second-order valence-electron chi connectivity index (χ2n) is 10.6. The zero-order valence-electron chi connectivity index (χ0n) is 20.5. The van der Waals surface area contributed by atoms with Crippen molar-refractivity contribution in [1.82, 2.24) is 0 Å². The van der Waals surface area contributed by atoms with Crippen molar-refractivity contribution in [2.75, 3.05) is 26.7 Å². The molecule has 3 atom stereocenters. The van der Waals surface area contributed by atoms with Crippen molar-refractivity contribution < 1.29 is 47.5 Å². The van der Waals surface area contributed by atoms with Gasteiger partial charge in [0.15, 0.2) is 0 Å². The molecule has 0 radical (unpaired) electrons. The first-order valence-corrected chi connectivity index (χ1v) is 12.5. The smallest absolute Gasteiger partial charge is 0.347 e. The number of carbonyl (C=O) groups excluding carboxylic acids is 1. The van der Waals surface area contributed by atoms with Crippen LogP contribution in [0, 0.1) is 23.6 Å². The molecular formula is C30H33FINO3. The summed E-state index contributed by atoms with van der Waals surface area (Å²) in [5.74, 6) is 0.153. The number of aliphatic hydroxyl groups is 1. The van der Waals surface area contributed by atoms with E-state index in [1.165, 1.54) is 29.8 Å². The molecule has 6 heteroatoms. The van der Waals surface area contributed by atoms with Crippen molar-refractivity contribution in [2.45, 2.75) is 25.0 Å². The lowest BCUT2D eigenvalue weighted by atomic mass is 9.83. The summed E-state index contributed by atoms with van der Waals surface area (Å²) in [5.41, 5.74) is 0.0799. The molecule has 2 bridgehead atoms. The Hall–Kier alpha value is -2.29. The van der Waals surface area contributed by atoms with Crippen LogP contribution in [0.1, 0.15) is 29.5 Å². The Morgan fingerprint density at radius 3 is 2.03 bits per heavy atom. The molecule has 190 valence electrons. The summed E-state index contributed by atoms with van der Waals surface area (Å²) in [4.78, 5) is 13.4. The van der Waals surface area contributed by atoms with E-state index in [1.807, 2.05) is 6.07 Å². The van der Waals surface area contributed by atoms with Crippen LogP contribution in [0.3, 0.4) is 0 Å². The molecule has 4 nitrogen and oxygen atoms in total. The summed E-state index contributed by atoms with van der Waals surface area (Å²) in [5, 5.41) is 11.6. The van der Waals surface area contributed by atoms with Crippen LogP contribution in [0.15, 0.2) is 84.9 Å². The summed E-state index contributed by atoms with van der Waals surface area (Å²) >= 11 is 0. The highest BCUT2D eigenvalue weighted by atomic mass is 127. The summed E-state index contributed by atoms with van der Waals surface area (Å²) in [6.45, 7) is 3.44. The van der Waals surface area contributed by atoms with Crippen LogP contribution >= 0.6 is 0 Å². The fraction of sp³-hybridized carbons (Fsp3) is 0.367. The highest BCUT2D eigenvalue weighted by Crippen LogP contribution is 2.45. The minimum absolute atomic E-state index is 0. The average Bonchev–Trinajstić information content (AvgIpc) is 3.13. The second kappa shape index (κ2) is 11.0. The minimum atomic E-state index is -1.99. The number of benzene rings is 3. The topological polar surface area (TPSA) is 46.5 Å². The van der Waals surface area contributed by atoms with Gasteiger partial charge in [-0.2, -0.15) is 0 Å². The number of esters is 1. The quantitative estimate of drug-likeness (QED) is 0.256. The molecule has 5 rings (SSSR count). The number of halogens is 2. The van der Waals surface area contributed by atoms with E-state index in [0.717, 1.165) is 37.0 Å². The van der Waals surface area contributed by atoms with Crippen LogP contribution in [-0.2, 0) is 21.7 Å². The van der Waals surface area contributed by atoms with Gasteiger partial charge in [-0.1, -0.05) is 72.8 Å². The van der Waals surface area contributed by atoms with Crippen LogP contribution in [0.25, 0.3) is 0 Å². The maximum absolute atomic E-state index is 13.6. The molecule has 1 saturated heterocycles. The van der Waals surface area contributed by atoms with Crippen molar-refractivity contribution in [3.63, 3.8) is 0 Å². The molecule has 36 heavy (non-hydrogen) atoms. The number of ether oxygens (including phenoxy) is 1. The third-order valence-corrected chi connectivity index (χ3v) is 8.03. The predicted octanol–water partition coefficient (Wildman–Crippen LogP) is 1.91. The Morgan fingerprint density at radius 1 is 0.917 bits per heavy atom. The van der Waals surface area contributed by atoms with E-state index in [4.69, 9.17) is 4.74 Å². The Morgan fingerprint density at radius 2 is 1.44 bits per heavy atom. The first-order valence-electron chi connectivity index (χ1n) is 12.5. The molecule has 0 aromatic heterocycles. The Kier molecular flexibility index (Phi) is 8.17. The van der Waals surface area contributed by atoms with Crippen molar-refractivity contribution in [3.05, 3.63) is 107 Å². The molecule has 1 aliphatic carbocycles. The number of quaternary nitrogens is 1. The lowest BCUT2D eigenvalue weighted by Crippen LogP contribution is -3.00. The standard InChI is InChI=1S/C30H33FNO3.HI/c1-32(18-22-8-4-2-5-9-22)19-23-12-13-24(20-32)28(23)21-35-29(33)30(34,25-10-6-3-7-11-25)26-14-16-27(31)17-15-26;/h2-11,14-17,23-24,28,34H,12-13,18-21H2,1H3;1H/q+1;/p-1. The molecule has 1 heterocycles. The molecule has 1 N–H and O–H groups in total. The number of piperidine rings is 1. The van der Waals surface area contributed by atoms with Crippen LogP contribution in [0.2, 0.25) is 0 Å². The molecule has 3 aromatic rings. The Balaban J connectivity index is 0.00000304. The number of likely N-dealkylation sites (tertiary alicyclic amines) is 1. The van der Waals surface area contributed by atoms with Crippen LogP contribution in [-0.4, -0.2) is 42.3 Å². The highest BCUT2D eigenvalue weighted by Gasteiger charge is 2.50. The zero-order chi connectivity index (χ0) is 24.5. The first kappa shape index (κ1) is 26.8. The van der Waals surface area contributed by atoms with Crippen LogP contribution in [0.5, 0.6) is 0 Å². The molecule has 0 amide bonds. The molecule has 0 spiro atoms. The van der Waals surface area contributed by atoms with Gasteiger partial charge >= 0.3 is 5.97 Å². The van der Waals surface area contributed by atoms with E-state index >= 15 is 0 Å². The van der Waals surface area contributed by atoms with Crippen molar-refractivity contribution >= 4 is 5.97 Å². The molecule has 2 fully saturated rings. The molecule has 2 aliphatic rings. The third-order valence-electron chi connectivity index (χ3n) is 8.03. The van der Waals surface area contributed by atoms with E-state index in [2.05, 4.69) is 37.4 Å². The first-order chi connectivity index (χ1) is 16.9. The summed E-state index contributed by atoms with van der Waals surface area (Å²) < 4.78 is 20.4. The van der Waals surface area contributed by atoms with Gasteiger partial charge in [-0.05, 0) is 36.1 Å². The largest absolute Gasteiger partial charge is 1.00 e. The number of hydrogen-bond donors (Lipinski definition) is 1. The van der Waals surface area contributed by atoms with E-state index in [1.54, 1.807) is 24.3 Å². The second-order valence-corrected chi connectivity index (χ2v) is 10.6. The van der Waals surface area contributed by atoms with Gasteiger partial charge in [0.25, 0.3) is 0 Å². The van der Waals surface area contributed by atoms with E-state index < -0.39 is 17.4 Å². The lowest BCUT2D eigenvalue weighted by molar-refractivity contribution is -0.933. The summed E-state index contributed by atoms with van der Waals surface area (Å²) in [7, 11) is 2.34. The normalized spacial score (nSPS) is 26.5. The third kappa shape index (κ3) is 5.36. The Bertz CT molecular complexity index is 1140. The molecule has 1 aliphatic heterocycles.